The van der Waals surface area contributed by atoms with Gasteiger partial charge >= 0.3 is 0 Å². The maximum Gasteiger partial charge on any atom is 0.251 e. The van der Waals surface area contributed by atoms with Crippen molar-refractivity contribution in [2.75, 3.05) is 20.1 Å². The number of aromatic nitrogens is 1. The largest absolute Gasteiger partial charge is 0.392 e. The summed E-state index contributed by atoms with van der Waals surface area (Å²) in [5.41, 5.74) is 7.80. The van der Waals surface area contributed by atoms with Crippen LogP contribution in [0.2, 0.25) is 0 Å². The lowest BCUT2D eigenvalue weighted by Crippen LogP contribution is -2.38. The molecule has 7 nitrogen and oxygen atoms in total. The Labute approximate surface area is 276 Å². The van der Waals surface area contributed by atoms with Gasteiger partial charge < -0.3 is 24.8 Å². The number of amides is 1. The Bertz CT molecular complexity index is 1710. The first-order valence-electron chi connectivity index (χ1n) is 16.2. The number of rotatable bonds is 12. The first kappa shape index (κ1) is 32.3. The van der Waals surface area contributed by atoms with Crippen molar-refractivity contribution >= 4 is 5.91 Å². The van der Waals surface area contributed by atoms with Gasteiger partial charge in [-0.3, -0.25) is 9.78 Å². The Balaban J connectivity index is 1.14. The van der Waals surface area contributed by atoms with E-state index in [4.69, 9.17) is 9.47 Å². The summed E-state index contributed by atoms with van der Waals surface area (Å²) in [4.78, 5) is 19.3. The highest BCUT2D eigenvalue weighted by Gasteiger charge is 2.32. The summed E-state index contributed by atoms with van der Waals surface area (Å²) in [6.07, 6.45) is 2.75. The number of nitrogens with one attached hydrogen (secondary N) is 1. The number of carbonyl (C=O) groups excluding carboxylic acids is 1. The number of nitrogens with zero attached hydrogens (tertiary/aromatic N) is 2. The number of pyridine rings is 1. The lowest BCUT2D eigenvalue weighted by atomic mass is 9.99. The standard InChI is InChI=1S/C40H41N3O4/c1-43(23-21-36-12-5-6-22-41-36)27-37-25-38(32-15-13-29(28-44)14-16-32)47-40(46-37)34-19-17-31(18-20-34)35-11-7-8-30(24-35)26-42-39(45)33-9-3-2-4-10-33/h2-20,22,24,37-38,40,44H,21,23,25-28H2,1H3,(H,42,45)/t37-,38+,40+/m1/s1. The number of hydrogen-bond acceptors (Lipinski definition) is 6. The molecule has 3 atom stereocenters. The molecule has 1 fully saturated rings. The van der Waals surface area contributed by atoms with Gasteiger partial charge in [0.1, 0.15) is 0 Å². The molecule has 6 rings (SSSR count). The van der Waals surface area contributed by atoms with Gasteiger partial charge in [0.25, 0.3) is 5.91 Å². The van der Waals surface area contributed by atoms with Crippen LogP contribution >= 0.6 is 0 Å². The molecular formula is C40H41N3O4. The maximum atomic E-state index is 12.5. The lowest BCUT2D eigenvalue weighted by Gasteiger charge is -2.38. The zero-order valence-corrected chi connectivity index (χ0v) is 26.7. The van der Waals surface area contributed by atoms with Crippen molar-refractivity contribution in [2.45, 2.75) is 44.5 Å². The van der Waals surface area contributed by atoms with Crippen molar-refractivity contribution in [1.29, 1.82) is 0 Å². The summed E-state index contributed by atoms with van der Waals surface area (Å²) in [6, 6.07) is 39.8. The predicted octanol–water partition coefficient (Wildman–Crippen LogP) is 6.89. The lowest BCUT2D eigenvalue weighted by molar-refractivity contribution is -0.252. The molecule has 1 amide bonds. The fraction of sp³-hybridized carbons (Fsp3) is 0.250. The minimum atomic E-state index is -0.519. The molecule has 0 radical (unpaired) electrons. The second-order valence-corrected chi connectivity index (χ2v) is 12.1. The first-order chi connectivity index (χ1) is 23.0. The van der Waals surface area contributed by atoms with Crippen molar-refractivity contribution < 1.29 is 19.4 Å². The van der Waals surface area contributed by atoms with E-state index < -0.39 is 6.29 Å². The molecule has 2 N–H and O–H groups in total. The van der Waals surface area contributed by atoms with Crippen molar-refractivity contribution in [1.82, 2.24) is 15.2 Å². The molecule has 0 bridgehead atoms. The molecule has 1 aliphatic heterocycles. The molecule has 0 aliphatic carbocycles. The number of aliphatic hydroxyl groups excluding tert-OH is 1. The van der Waals surface area contributed by atoms with E-state index in [2.05, 4.69) is 64.7 Å². The second kappa shape index (κ2) is 15.8. The SMILES string of the molecule is CN(CCc1ccccn1)C[C@H]1C[C@@H](c2ccc(CO)cc2)O[C@@H](c2ccc(-c3cccc(CNC(=O)c4ccccc4)c3)cc2)O1. The molecule has 47 heavy (non-hydrogen) atoms. The summed E-state index contributed by atoms with van der Waals surface area (Å²) in [7, 11) is 2.12. The summed E-state index contributed by atoms with van der Waals surface area (Å²) < 4.78 is 13.2. The van der Waals surface area contributed by atoms with Crippen LogP contribution in [-0.4, -0.2) is 47.1 Å². The fourth-order valence-electron chi connectivity index (χ4n) is 5.89. The summed E-state index contributed by atoms with van der Waals surface area (Å²) in [5, 5.41) is 12.6. The quantitative estimate of drug-likeness (QED) is 0.157. The Kier molecular flexibility index (Phi) is 10.8. The number of ether oxygens (including phenoxy) is 2. The summed E-state index contributed by atoms with van der Waals surface area (Å²) in [5.74, 6) is -0.0896. The minimum absolute atomic E-state index is 0.0127. The highest BCUT2D eigenvalue weighted by atomic mass is 16.7. The van der Waals surface area contributed by atoms with E-state index in [0.717, 1.165) is 65.0 Å². The molecule has 2 heterocycles. The molecule has 5 aromatic rings. The van der Waals surface area contributed by atoms with Crippen LogP contribution in [0.15, 0.2) is 128 Å². The van der Waals surface area contributed by atoms with Crippen molar-refractivity contribution in [2.24, 2.45) is 0 Å². The summed E-state index contributed by atoms with van der Waals surface area (Å²) >= 11 is 0. The van der Waals surface area contributed by atoms with Crippen LogP contribution in [0.4, 0.5) is 0 Å². The van der Waals surface area contributed by atoms with Crippen molar-refractivity contribution in [3.8, 4) is 11.1 Å². The third kappa shape index (κ3) is 8.78. The zero-order valence-electron chi connectivity index (χ0n) is 26.7. The van der Waals surface area contributed by atoms with Crippen molar-refractivity contribution in [3.05, 3.63) is 161 Å². The van der Waals surface area contributed by atoms with Crippen LogP contribution < -0.4 is 5.32 Å². The fourth-order valence-corrected chi connectivity index (χ4v) is 5.89. The molecule has 1 saturated heterocycles. The van der Waals surface area contributed by atoms with Crippen LogP contribution in [0, 0.1) is 0 Å². The van der Waals surface area contributed by atoms with E-state index in [1.807, 2.05) is 85.1 Å². The van der Waals surface area contributed by atoms with Crippen LogP contribution in [0.1, 0.15) is 57.1 Å². The van der Waals surface area contributed by atoms with Gasteiger partial charge in [0.2, 0.25) is 0 Å². The molecule has 240 valence electrons. The molecule has 0 saturated carbocycles. The highest BCUT2D eigenvalue weighted by molar-refractivity contribution is 5.94. The molecule has 7 heteroatoms. The van der Waals surface area contributed by atoms with Gasteiger partial charge in [0.05, 0.1) is 18.8 Å². The average molecular weight is 628 g/mol. The third-order valence-corrected chi connectivity index (χ3v) is 8.54. The highest BCUT2D eigenvalue weighted by Crippen LogP contribution is 2.38. The molecule has 4 aromatic carbocycles. The van der Waals surface area contributed by atoms with E-state index in [-0.39, 0.29) is 24.7 Å². The number of carbonyl (C=O) groups is 1. The maximum absolute atomic E-state index is 12.5. The minimum Gasteiger partial charge on any atom is -0.392 e. The van der Waals surface area contributed by atoms with Gasteiger partial charge in [-0.05, 0) is 65.2 Å². The Morgan fingerprint density at radius 3 is 2.34 bits per heavy atom. The van der Waals surface area contributed by atoms with Crippen molar-refractivity contribution in [3.63, 3.8) is 0 Å². The average Bonchev–Trinajstić information content (AvgIpc) is 3.14. The number of benzene rings is 4. The van der Waals surface area contributed by atoms with Gasteiger partial charge in [-0.1, -0.05) is 91.0 Å². The normalized spacial score (nSPS) is 17.8. The van der Waals surface area contributed by atoms with E-state index in [1.54, 1.807) is 0 Å². The Morgan fingerprint density at radius 1 is 0.830 bits per heavy atom. The monoisotopic (exact) mass is 627 g/mol. The number of aliphatic hydroxyl groups is 1. The smallest absolute Gasteiger partial charge is 0.251 e. The van der Waals surface area contributed by atoms with E-state index in [1.165, 1.54) is 0 Å². The molecule has 0 spiro atoms. The van der Waals surface area contributed by atoms with Crippen LogP contribution in [0.3, 0.4) is 0 Å². The number of hydrogen-bond donors (Lipinski definition) is 2. The zero-order chi connectivity index (χ0) is 32.4. The molecule has 1 aromatic heterocycles. The van der Waals surface area contributed by atoms with Gasteiger partial charge in [-0.2, -0.15) is 0 Å². The topological polar surface area (TPSA) is 83.9 Å². The van der Waals surface area contributed by atoms with Crippen LogP contribution in [0.5, 0.6) is 0 Å². The van der Waals surface area contributed by atoms with E-state index in [0.29, 0.717) is 12.1 Å². The number of likely N-dealkylation sites (N-methyl/N-ethyl adjacent to an activating group) is 1. The predicted molar refractivity (Wildman–Crippen MR) is 183 cm³/mol. The Morgan fingerprint density at radius 2 is 1.60 bits per heavy atom. The Hall–Kier alpha value is -4.66. The van der Waals surface area contributed by atoms with Crippen LogP contribution in [0.25, 0.3) is 11.1 Å². The van der Waals surface area contributed by atoms with Gasteiger partial charge in [-0.15, -0.1) is 0 Å². The second-order valence-electron chi connectivity index (χ2n) is 12.1. The van der Waals surface area contributed by atoms with E-state index in [9.17, 15) is 9.90 Å². The van der Waals surface area contributed by atoms with Gasteiger partial charge in [-0.25, -0.2) is 0 Å². The molecular weight excluding hydrogens is 586 g/mol. The first-order valence-corrected chi connectivity index (χ1v) is 16.2. The third-order valence-electron chi connectivity index (χ3n) is 8.54. The van der Waals surface area contributed by atoms with Gasteiger partial charge in [0.15, 0.2) is 6.29 Å². The van der Waals surface area contributed by atoms with Gasteiger partial charge in [0, 0.05) is 55.5 Å². The summed E-state index contributed by atoms with van der Waals surface area (Å²) in [6.45, 7) is 2.10. The molecule has 1 aliphatic rings. The molecule has 0 unspecified atom stereocenters. The van der Waals surface area contributed by atoms with E-state index >= 15 is 0 Å². The van der Waals surface area contributed by atoms with Crippen LogP contribution in [-0.2, 0) is 29.0 Å².